The van der Waals surface area contributed by atoms with Crippen molar-refractivity contribution in [3.05, 3.63) is 0 Å². The second-order valence-corrected chi connectivity index (χ2v) is 5.86. The van der Waals surface area contributed by atoms with Crippen molar-refractivity contribution in [3.63, 3.8) is 0 Å². The van der Waals surface area contributed by atoms with Gasteiger partial charge in [-0.2, -0.15) is 23.5 Å². The number of carbonyl (C=O) groups excluding carboxylic acids is 2. The molecule has 2 N–H and O–H groups in total. The van der Waals surface area contributed by atoms with E-state index in [0.717, 1.165) is 17.9 Å². The van der Waals surface area contributed by atoms with Crippen LogP contribution in [0.2, 0.25) is 0 Å². The van der Waals surface area contributed by atoms with E-state index in [2.05, 4.69) is 10.6 Å². The molecule has 6 heteroatoms. The van der Waals surface area contributed by atoms with Gasteiger partial charge in [0.05, 0.1) is 0 Å². The van der Waals surface area contributed by atoms with Crippen LogP contribution in [0.1, 0.15) is 26.2 Å². The summed E-state index contributed by atoms with van der Waals surface area (Å²) in [5.41, 5.74) is 0. The van der Waals surface area contributed by atoms with E-state index in [1.54, 1.807) is 30.4 Å². The van der Waals surface area contributed by atoms with Gasteiger partial charge >= 0.3 is 0 Å². The lowest BCUT2D eigenvalue weighted by Gasteiger charge is -2.17. The standard InChI is InChI=1S/C12H24N2O2S2/c1-4-11(15)14-10(6-9-18-3)12(16)13-7-5-8-17-2/h10H,4-9H2,1-3H3,(H,13,16)(H,14,15). The van der Waals surface area contributed by atoms with E-state index in [-0.39, 0.29) is 17.9 Å². The van der Waals surface area contributed by atoms with Crippen molar-refractivity contribution in [1.82, 2.24) is 10.6 Å². The van der Waals surface area contributed by atoms with E-state index < -0.39 is 0 Å². The second-order valence-electron chi connectivity index (χ2n) is 3.89. The van der Waals surface area contributed by atoms with Crippen LogP contribution in [-0.2, 0) is 9.59 Å². The van der Waals surface area contributed by atoms with Crippen LogP contribution >= 0.6 is 23.5 Å². The van der Waals surface area contributed by atoms with E-state index in [9.17, 15) is 9.59 Å². The van der Waals surface area contributed by atoms with Gasteiger partial charge in [-0.25, -0.2) is 0 Å². The molecule has 1 atom stereocenters. The van der Waals surface area contributed by atoms with Crippen molar-refractivity contribution >= 4 is 35.3 Å². The Morgan fingerprint density at radius 3 is 2.39 bits per heavy atom. The molecule has 0 aromatic carbocycles. The highest BCUT2D eigenvalue weighted by molar-refractivity contribution is 7.98. The van der Waals surface area contributed by atoms with Crippen molar-refractivity contribution in [2.24, 2.45) is 0 Å². The number of amides is 2. The molecule has 0 aliphatic carbocycles. The summed E-state index contributed by atoms with van der Waals surface area (Å²) in [7, 11) is 0. The van der Waals surface area contributed by atoms with E-state index in [1.807, 2.05) is 12.5 Å². The molecule has 0 radical (unpaired) electrons. The average Bonchev–Trinajstić information content (AvgIpc) is 2.38. The van der Waals surface area contributed by atoms with Crippen LogP contribution in [0.5, 0.6) is 0 Å². The zero-order valence-electron chi connectivity index (χ0n) is 11.5. The Labute approximate surface area is 118 Å². The third kappa shape index (κ3) is 8.69. The van der Waals surface area contributed by atoms with Gasteiger partial charge < -0.3 is 10.6 Å². The Morgan fingerprint density at radius 2 is 1.83 bits per heavy atom. The zero-order chi connectivity index (χ0) is 13.8. The maximum absolute atomic E-state index is 11.9. The van der Waals surface area contributed by atoms with Crippen molar-refractivity contribution in [3.8, 4) is 0 Å². The molecule has 0 heterocycles. The van der Waals surface area contributed by atoms with E-state index >= 15 is 0 Å². The van der Waals surface area contributed by atoms with Gasteiger partial charge in [0.1, 0.15) is 6.04 Å². The van der Waals surface area contributed by atoms with Crippen LogP contribution in [-0.4, -0.2) is 48.4 Å². The summed E-state index contributed by atoms with van der Waals surface area (Å²) < 4.78 is 0. The molecule has 1 unspecified atom stereocenters. The molecule has 0 aromatic heterocycles. The fourth-order valence-corrected chi connectivity index (χ4v) is 2.26. The maximum atomic E-state index is 11.9. The number of thioether (sulfide) groups is 2. The average molecular weight is 292 g/mol. The van der Waals surface area contributed by atoms with Crippen LogP contribution < -0.4 is 10.6 Å². The first-order valence-corrected chi connectivity index (χ1v) is 8.99. The second kappa shape index (κ2) is 11.7. The molecule has 4 nitrogen and oxygen atoms in total. The third-order valence-corrected chi connectivity index (χ3v) is 3.75. The highest BCUT2D eigenvalue weighted by Gasteiger charge is 2.18. The minimum Gasteiger partial charge on any atom is -0.354 e. The Balaban J connectivity index is 4.09. The van der Waals surface area contributed by atoms with E-state index in [4.69, 9.17) is 0 Å². The summed E-state index contributed by atoms with van der Waals surface area (Å²) in [6.07, 6.45) is 6.10. The van der Waals surface area contributed by atoms with Crippen molar-refractivity contribution in [2.75, 3.05) is 30.6 Å². The number of hydrogen-bond acceptors (Lipinski definition) is 4. The molecular formula is C12H24N2O2S2. The van der Waals surface area contributed by atoms with Crippen molar-refractivity contribution in [2.45, 2.75) is 32.2 Å². The molecule has 0 saturated heterocycles. The smallest absolute Gasteiger partial charge is 0.242 e. The number of rotatable bonds is 10. The third-order valence-electron chi connectivity index (χ3n) is 2.41. The van der Waals surface area contributed by atoms with Gasteiger partial charge in [-0.1, -0.05) is 6.92 Å². The van der Waals surface area contributed by atoms with Crippen LogP contribution in [0.15, 0.2) is 0 Å². The van der Waals surface area contributed by atoms with Gasteiger partial charge in [0, 0.05) is 13.0 Å². The van der Waals surface area contributed by atoms with Crippen LogP contribution in [0.4, 0.5) is 0 Å². The predicted octanol–water partition coefficient (Wildman–Crippen LogP) is 1.50. The molecule has 0 rings (SSSR count). The lowest BCUT2D eigenvalue weighted by Crippen LogP contribution is -2.47. The Kier molecular flexibility index (Phi) is 11.5. The summed E-state index contributed by atoms with van der Waals surface area (Å²) in [5, 5.41) is 5.65. The monoisotopic (exact) mass is 292 g/mol. The lowest BCUT2D eigenvalue weighted by atomic mass is 10.2. The number of nitrogens with one attached hydrogen (secondary N) is 2. The molecule has 0 aliphatic rings. The molecule has 0 saturated carbocycles. The molecule has 0 spiro atoms. The van der Waals surface area contributed by atoms with Gasteiger partial charge in [0.2, 0.25) is 11.8 Å². The first kappa shape index (κ1) is 17.6. The van der Waals surface area contributed by atoms with Crippen molar-refractivity contribution in [1.29, 1.82) is 0 Å². The fraction of sp³-hybridized carbons (Fsp3) is 0.833. The van der Waals surface area contributed by atoms with Crippen LogP contribution in [0, 0.1) is 0 Å². The molecule has 0 fully saturated rings. The topological polar surface area (TPSA) is 58.2 Å². The van der Waals surface area contributed by atoms with E-state index in [0.29, 0.717) is 19.4 Å². The minimum atomic E-state index is -0.390. The van der Waals surface area contributed by atoms with Crippen LogP contribution in [0.3, 0.4) is 0 Å². The lowest BCUT2D eigenvalue weighted by molar-refractivity contribution is -0.128. The first-order valence-electron chi connectivity index (χ1n) is 6.20. The summed E-state index contributed by atoms with van der Waals surface area (Å²) >= 11 is 3.44. The Hall–Kier alpha value is -0.360. The van der Waals surface area contributed by atoms with Crippen LogP contribution in [0.25, 0.3) is 0 Å². The summed E-state index contributed by atoms with van der Waals surface area (Å²) in [5.74, 6) is 1.77. The zero-order valence-corrected chi connectivity index (χ0v) is 13.1. The van der Waals surface area contributed by atoms with Gasteiger partial charge in [-0.15, -0.1) is 0 Å². The van der Waals surface area contributed by atoms with Gasteiger partial charge in [-0.3, -0.25) is 9.59 Å². The highest BCUT2D eigenvalue weighted by Crippen LogP contribution is 2.02. The number of hydrogen-bond donors (Lipinski definition) is 2. The fourth-order valence-electron chi connectivity index (χ4n) is 1.35. The maximum Gasteiger partial charge on any atom is 0.242 e. The van der Waals surface area contributed by atoms with E-state index in [1.165, 1.54) is 0 Å². The summed E-state index contributed by atoms with van der Waals surface area (Å²) in [4.78, 5) is 23.3. The molecule has 2 amide bonds. The summed E-state index contributed by atoms with van der Waals surface area (Å²) in [6.45, 7) is 2.47. The SMILES string of the molecule is CCC(=O)NC(CCSC)C(=O)NCCCSC. The largest absolute Gasteiger partial charge is 0.354 e. The Morgan fingerprint density at radius 1 is 1.17 bits per heavy atom. The minimum absolute atomic E-state index is 0.0630. The van der Waals surface area contributed by atoms with Crippen molar-refractivity contribution < 1.29 is 9.59 Å². The quantitative estimate of drug-likeness (QED) is 0.599. The Bertz CT molecular complexity index is 250. The van der Waals surface area contributed by atoms with Gasteiger partial charge in [-0.05, 0) is 36.9 Å². The summed E-state index contributed by atoms with van der Waals surface area (Å²) in [6, 6.07) is -0.390. The molecule has 106 valence electrons. The number of carbonyl (C=O) groups is 2. The van der Waals surface area contributed by atoms with Gasteiger partial charge in [0.15, 0.2) is 0 Å². The molecular weight excluding hydrogens is 268 g/mol. The first-order chi connectivity index (χ1) is 8.65. The normalized spacial score (nSPS) is 11.9. The molecule has 0 aliphatic heterocycles. The highest BCUT2D eigenvalue weighted by atomic mass is 32.2. The molecule has 0 bridgehead atoms. The van der Waals surface area contributed by atoms with Gasteiger partial charge in [0.25, 0.3) is 0 Å². The predicted molar refractivity (Wildman–Crippen MR) is 81.2 cm³/mol. The molecule has 18 heavy (non-hydrogen) atoms. The molecule has 0 aromatic rings.